The molecule has 0 saturated heterocycles. The molecule has 0 bridgehead atoms. The number of carbonyl (C=O) groups is 2. The van der Waals surface area contributed by atoms with E-state index in [-0.39, 0.29) is 36.4 Å². The van der Waals surface area contributed by atoms with Crippen LogP contribution in [0, 0.1) is 11.6 Å². The van der Waals surface area contributed by atoms with Gasteiger partial charge in [0.1, 0.15) is 11.6 Å². The highest BCUT2D eigenvalue weighted by Crippen LogP contribution is 2.23. The summed E-state index contributed by atoms with van der Waals surface area (Å²) in [5.41, 5.74) is 2.31. The lowest BCUT2D eigenvalue weighted by atomic mass is 10.1. The van der Waals surface area contributed by atoms with E-state index >= 15 is 0 Å². The number of carbonyl (C=O) groups excluding carboxylic acids is 2. The van der Waals surface area contributed by atoms with Crippen LogP contribution in [0.3, 0.4) is 0 Å². The van der Waals surface area contributed by atoms with Crippen LogP contribution in [0.5, 0.6) is 0 Å². The molecule has 1 heterocycles. The second kappa shape index (κ2) is 9.91. The molecule has 2 amide bonds. The lowest BCUT2D eigenvalue weighted by Crippen LogP contribution is -2.30. The SMILES string of the molecule is O=C(Cc1cccc(N(Cc2ccc(F)cc2)C(=O)c2ccco2)c1)Nc1cccc(F)c1. The average molecular weight is 446 g/mol. The number of nitrogens with one attached hydrogen (secondary N) is 1. The van der Waals surface area contributed by atoms with Crippen molar-refractivity contribution in [2.45, 2.75) is 13.0 Å². The van der Waals surface area contributed by atoms with Crippen molar-refractivity contribution in [2.75, 3.05) is 10.2 Å². The van der Waals surface area contributed by atoms with E-state index in [1.807, 2.05) is 0 Å². The summed E-state index contributed by atoms with van der Waals surface area (Å²) in [4.78, 5) is 27.1. The third-order valence-corrected chi connectivity index (χ3v) is 4.93. The highest BCUT2D eigenvalue weighted by Gasteiger charge is 2.21. The van der Waals surface area contributed by atoms with Gasteiger partial charge < -0.3 is 14.6 Å². The van der Waals surface area contributed by atoms with E-state index in [4.69, 9.17) is 4.42 Å². The van der Waals surface area contributed by atoms with E-state index in [2.05, 4.69) is 5.32 Å². The first-order valence-corrected chi connectivity index (χ1v) is 10.2. The molecule has 5 nitrogen and oxygen atoms in total. The van der Waals surface area contributed by atoms with E-state index in [1.54, 1.807) is 54.6 Å². The quantitative estimate of drug-likeness (QED) is 0.403. The third kappa shape index (κ3) is 5.71. The zero-order valence-corrected chi connectivity index (χ0v) is 17.5. The molecule has 3 aromatic carbocycles. The number of amides is 2. The van der Waals surface area contributed by atoms with E-state index in [0.29, 0.717) is 16.9 Å². The number of hydrogen-bond acceptors (Lipinski definition) is 3. The number of hydrogen-bond donors (Lipinski definition) is 1. The summed E-state index contributed by atoms with van der Waals surface area (Å²) < 4.78 is 32.0. The molecule has 0 spiro atoms. The van der Waals surface area contributed by atoms with E-state index < -0.39 is 5.82 Å². The van der Waals surface area contributed by atoms with Crippen LogP contribution in [-0.4, -0.2) is 11.8 Å². The Hall–Kier alpha value is -4.26. The van der Waals surface area contributed by atoms with Crippen LogP contribution in [0.25, 0.3) is 0 Å². The van der Waals surface area contributed by atoms with Crippen LogP contribution in [0.4, 0.5) is 20.2 Å². The van der Waals surface area contributed by atoms with Gasteiger partial charge in [-0.2, -0.15) is 0 Å². The van der Waals surface area contributed by atoms with Gasteiger partial charge in [-0.25, -0.2) is 8.78 Å². The molecule has 1 N–H and O–H groups in total. The Labute approximate surface area is 189 Å². The van der Waals surface area contributed by atoms with Gasteiger partial charge in [0, 0.05) is 11.4 Å². The van der Waals surface area contributed by atoms with Crippen LogP contribution in [0.1, 0.15) is 21.7 Å². The maximum atomic E-state index is 13.4. The Morgan fingerprint density at radius 3 is 2.33 bits per heavy atom. The average Bonchev–Trinajstić information content (AvgIpc) is 3.33. The largest absolute Gasteiger partial charge is 0.459 e. The highest BCUT2D eigenvalue weighted by atomic mass is 19.1. The third-order valence-electron chi connectivity index (χ3n) is 4.93. The monoisotopic (exact) mass is 446 g/mol. The van der Waals surface area contributed by atoms with Crippen LogP contribution in [0.15, 0.2) is 95.6 Å². The minimum Gasteiger partial charge on any atom is -0.459 e. The number of halogens is 2. The van der Waals surface area contributed by atoms with Crippen LogP contribution in [0.2, 0.25) is 0 Å². The highest BCUT2D eigenvalue weighted by molar-refractivity contribution is 6.04. The fourth-order valence-electron chi connectivity index (χ4n) is 3.38. The second-order valence-electron chi connectivity index (χ2n) is 7.40. The molecule has 0 aliphatic heterocycles. The number of furan rings is 1. The van der Waals surface area contributed by atoms with Crippen molar-refractivity contribution < 1.29 is 22.8 Å². The first kappa shape index (κ1) is 22.0. The molecule has 0 saturated carbocycles. The van der Waals surface area contributed by atoms with Crippen molar-refractivity contribution in [3.63, 3.8) is 0 Å². The van der Waals surface area contributed by atoms with Crippen molar-refractivity contribution in [3.05, 3.63) is 120 Å². The maximum absolute atomic E-state index is 13.4. The zero-order valence-electron chi connectivity index (χ0n) is 17.5. The second-order valence-corrected chi connectivity index (χ2v) is 7.40. The Morgan fingerprint density at radius 2 is 1.61 bits per heavy atom. The topological polar surface area (TPSA) is 62.6 Å². The van der Waals surface area contributed by atoms with Crippen LogP contribution < -0.4 is 10.2 Å². The van der Waals surface area contributed by atoms with Crippen LogP contribution >= 0.6 is 0 Å². The summed E-state index contributed by atoms with van der Waals surface area (Å²) in [7, 11) is 0. The fourth-order valence-corrected chi connectivity index (χ4v) is 3.38. The Bertz CT molecular complexity index is 1250. The van der Waals surface area contributed by atoms with Gasteiger partial charge in [0.15, 0.2) is 5.76 Å². The molecule has 0 aliphatic carbocycles. The number of benzene rings is 3. The molecule has 1 aromatic heterocycles. The van der Waals surface area contributed by atoms with Gasteiger partial charge in [0.05, 0.1) is 19.2 Å². The molecule has 0 atom stereocenters. The lowest BCUT2D eigenvalue weighted by Gasteiger charge is -2.23. The molecule has 7 heteroatoms. The van der Waals surface area contributed by atoms with Gasteiger partial charge in [0.2, 0.25) is 5.91 Å². The number of rotatable bonds is 7. The van der Waals surface area contributed by atoms with Gasteiger partial charge >= 0.3 is 0 Å². The standard InChI is InChI=1S/C26H20F2N2O3/c27-20-11-9-18(10-12-20)17-30(26(32)24-8-3-13-33-24)23-7-1-4-19(14-23)15-25(31)29-22-6-2-5-21(28)16-22/h1-14,16H,15,17H2,(H,29,31). The molecule has 0 aliphatic rings. The molecule has 33 heavy (non-hydrogen) atoms. The minimum absolute atomic E-state index is 0.0314. The summed E-state index contributed by atoms with van der Waals surface area (Å²) >= 11 is 0. The molecular weight excluding hydrogens is 426 g/mol. The predicted octanol–water partition coefficient (Wildman–Crippen LogP) is 5.59. The zero-order chi connectivity index (χ0) is 23.2. The van der Waals surface area contributed by atoms with E-state index in [1.165, 1.54) is 41.5 Å². The van der Waals surface area contributed by atoms with Crippen LogP contribution in [-0.2, 0) is 17.8 Å². The molecule has 0 radical (unpaired) electrons. The first-order valence-electron chi connectivity index (χ1n) is 10.2. The summed E-state index contributed by atoms with van der Waals surface area (Å²) in [5, 5.41) is 2.66. The van der Waals surface area contributed by atoms with Gasteiger partial charge in [-0.15, -0.1) is 0 Å². The van der Waals surface area contributed by atoms with E-state index in [9.17, 15) is 18.4 Å². The first-order chi connectivity index (χ1) is 16.0. The number of nitrogens with zero attached hydrogens (tertiary/aromatic N) is 1. The predicted molar refractivity (Wildman–Crippen MR) is 121 cm³/mol. The summed E-state index contributed by atoms with van der Waals surface area (Å²) in [6, 6.07) is 21.7. The normalized spacial score (nSPS) is 10.6. The fraction of sp³-hybridized carbons (Fsp3) is 0.0769. The minimum atomic E-state index is -0.442. The van der Waals surface area contributed by atoms with Crippen molar-refractivity contribution in [1.82, 2.24) is 0 Å². The van der Waals surface area contributed by atoms with Gasteiger partial charge in [-0.05, 0) is 65.7 Å². The molecule has 166 valence electrons. The smallest absolute Gasteiger partial charge is 0.294 e. The summed E-state index contributed by atoms with van der Waals surface area (Å²) in [5.74, 6) is -1.34. The van der Waals surface area contributed by atoms with Crippen molar-refractivity contribution >= 4 is 23.2 Å². The van der Waals surface area contributed by atoms with Gasteiger partial charge in [0.25, 0.3) is 5.91 Å². The molecule has 4 aromatic rings. The van der Waals surface area contributed by atoms with Crippen molar-refractivity contribution in [3.8, 4) is 0 Å². The molecular formula is C26H20F2N2O3. The maximum Gasteiger partial charge on any atom is 0.294 e. The summed E-state index contributed by atoms with van der Waals surface area (Å²) in [6.45, 7) is 0.179. The molecule has 4 rings (SSSR count). The lowest BCUT2D eigenvalue weighted by molar-refractivity contribution is -0.115. The van der Waals surface area contributed by atoms with Crippen molar-refractivity contribution in [1.29, 1.82) is 0 Å². The Morgan fingerprint density at radius 1 is 0.818 bits per heavy atom. The Balaban J connectivity index is 1.56. The Kier molecular flexibility index (Phi) is 6.59. The summed E-state index contributed by atoms with van der Waals surface area (Å²) in [6.07, 6.45) is 1.44. The van der Waals surface area contributed by atoms with Gasteiger partial charge in [-0.1, -0.05) is 30.3 Å². The van der Waals surface area contributed by atoms with Gasteiger partial charge in [-0.3, -0.25) is 9.59 Å². The van der Waals surface area contributed by atoms with E-state index in [0.717, 1.165) is 5.56 Å². The molecule has 0 unspecified atom stereocenters. The van der Waals surface area contributed by atoms with Crippen molar-refractivity contribution in [2.24, 2.45) is 0 Å². The number of anilines is 2. The molecule has 0 fully saturated rings.